The molecule has 1 aromatic carbocycles. The second kappa shape index (κ2) is 7.63. The normalized spacial score (nSPS) is 24.4. The molecule has 3 rings (SSSR count). The predicted octanol–water partition coefficient (Wildman–Crippen LogP) is 3.91. The molecular formula is C18H24ClFN2O. The van der Waals surface area contributed by atoms with Crippen LogP contribution in [-0.4, -0.2) is 24.5 Å². The summed E-state index contributed by atoms with van der Waals surface area (Å²) in [6.45, 7) is 1.08. The third-order valence-electron chi connectivity index (χ3n) is 5.06. The minimum atomic E-state index is -0.484. The first-order chi connectivity index (χ1) is 11.1. The van der Waals surface area contributed by atoms with E-state index in [1.54, 1.807) is 0 Å². The lowest BCUT2D eigenvalue weighted by Crippen LogP contribution is -2.52. The second-order valence-corrected chi connectivity index (χ2v) is 7.33. The number of carbonyl (C=O) groups is 1. The van der Waals surface area contributed by atoms with E-state index in [0.29, 0.717) is 6.04 Å². The maximum absolute atomic E-state index is 13.3. The Bertz CT molecular complexity index is 534. The van der Waals surface area contributed by atoms with E-state index in [0.717, 1.165) is 25.3 Å². The van der Waals surface area contributed by atoms with Crippen molar-refractivity contribution in [2.75, 3.05) is 6.54 Å². The standard InChI is InChI=1S/C18H24ClFN2O/c19-14-7-13(8-15(20)9-14)18(23)22-17-10-16(11-17)21-6-5-12-3-1-2-4-12/h7-9,12,16-17,21H,1-6,10-11H2,(H,22,23). The Labute approximate surface area is 142 Å². The van der Waals surface area contributed by atoms with Gasteiger partial charge in [0.1, 0.15) is 5.82 Å². The van der Waals surface area contributed by atoms with Crippen molar-refractivity contribution in [2.24, 2.45) is 5.92 Å². The van der Waals surface area contributed by atoms with Gasteiger partial charge in [0.25, 0.3) is 5.91 Å². The number of hydrogen-bond acceptors (Lipinski definition) is 2. The van der Waals surface area contributed by atoms with Crippen LogP contribution < -0.4 is 10.6 Å². The van der Waals surface area contributed by atoms with Crippen LogP contribution in [0.3, 0.4) is 0 Å². The molecule has 2 saturated carbocycles. The fraction of sp³-hybridized carbons (Fsp3) is 0.611. The van der Waals surface area contributed by atoms with Crippen LogP contribution in [0.2, 0.25) is 5.02 Å². The van der Waals surface area contributed by atoms with Crippen molar-refractivity contribution in [3.05, 3.63) is 34.6 Å². The van der Waals surface area contributed by atoms with Gasteiger partial charge >= 0.3 is 0 Å². The van der Waals surface area contributed by atoms with E-state index < -0.39 is 5.82 Å². The molecule has 3 nitrogen and oxygen atoms in total. The van der Waals surface area contributed by atoms with E-state index >= 15 is 0 Å². The van der Waals surface area contributed by atoms with Gasteiger partial charge in [0.15, 0.2) is 0 Å². The maximum atomic E-state index is 13.3. The minimum Gasteiger partial charge on any atom is -0.349 e. The topological polar surface area (TPSA) is 41.1 Å². The van der Waals surface area contributed by atoms with Crippen LogP contribution in [0.15, 0.2) is 18.2 Å². The first-order valence-electron chi connectivity index (χ1n) is 8.60. The molecule has 0 heterocycles. The largest absolute Gasteiger partial charge is 0.349 e. The Morgan fingerprint density at radius 3 is 2.61 bits per heavy atom. The first kappa shape index (κ1) is 16.7. The lowest BCUT2D eigenvalue weighted by molar-refractivity contribution is 0.0902. The Morgan fingerprint density at radius 1 is 1.17 bits per heavy atom. The zero-order chi connectivity index (χ0) is 16.2. The van der Waals surface area contributed by atoms with Crippen molar-refractivity contribution in [1.29, 1.82) is 0 Å². The molecule has 126 valence electrons. The molecule has 5 heteroatoms. The summed E-state index contributed by atoms with van der Waals surface area (Å²) in [6, 6.07) is 4.59. The SMILES string of the molecule is O=C(NC1CC(NCCC2CCCC2)C1)c1cc(F)cc(Cl)c1. The number of hydrogen-bond donors (Lipinski definition) is 2. The van der Waals surface area contributed by atoms with Gasteiger partial charge in [0.05, 0.1) is 0 Å². The predicted molar refractivity (Wildman–Crippen MR) is 90.3 cm³/mol. The number of halogens is 2. The van der Waals surface area contributed by atoms with Crippen LogP contribution in [0.4, 0.5) is 4.39 Å². The van der Waals surface area contributed by atoms with Crippen LogP contribution in [0.25, 0.3) is 0 Å². The number of carbonyl (C=O) groups excluding carboxylic acids is 1. The van der Waals surface area contributed by atoms with Gasteiger partial charge in [-0.2, -0.15) is 0 Å². The number of rotatable bonds is 6. The highest BCUT2D eigenvalue weighted by atomic mass is 35.5. The van der Waals surface area contributed by atoms with Gasteiger partial charge < -0.3 is 10.6 Å². The number of benzene rings is 1. The molecular weight excluding hydrogens is 315 g/mol. The van der Waals surface area contributed by atoms with Crippen LogP contribution in [0.5, 0.6) is 0 Å². The molecule has 0 atom stereocenters. The summed E-state index contributed by atoms with van der Waals surface area (Å²) in [5.74, 6) is 0.180. The van der Waals surface area contributed by atoms with Gasteiger partial charge in [0, 0.05) is 22.7 Å². The van der Waals surface area contributed by atoms with Crippen molar-refractivity contribution in [3.63, 3.8) is 0 Å². The van der Waals surface area contributed by atoms with Gasteiger partial charge in [-0.1, -0.05) is 37.3 Å². The fourth-order valence-corrected chi connectivity index (χ4v) is 3.87. The lowest BCUT2D eigenvalue weighted by Gasteiger charge is -2.36. The van der Waals surface area contributed by atoms with E-state index in [1.807, 2.05) is 0 Å². The third kappa shape index (κ3) is 4.67. The van der Waals surface area contributed by atoms with E-state index in [2.05, 4.69) is 10.6 Å². The third-order valence-corrected chi connectivity index (χ3v) is 5.28. The second-order valence-electron chi connectivity index (χ2n) is 6.89. The molecule has 2 fully saturated rings. The average molecular weight is 339 g/mol. The highest BCUT2D eigenvalue weighted by molar-refractivity contribution is 6.31. The summed E-state index contributed by atoms with van der Waals surface area (Å²) in [5, 5.41) is 6.76. The maximum Gasteiger partial charge on any atom is 0.251 e. The van der Waals surface area contributed by atoms with Crippen molar-refractivity contribution >= 4 is 17.5 Å². The Kier molecular flexibility index (Phi) is 5.54. The Morgan fingerprint density at radius 2 is 1.91 bits per heavy atom. The van der Waals surface area contributed by atoms with Crippen molar-refractivity contribution in [2.45, 2.75) is 57.0 Å². The quantitative estimate of drug-likeness (QED) is 0.825. The van der Waals surface area contributed by atoms with Gasteiger partial charge in [0.2, 0.25) is 0 Å². The van der Waals surface area contributed by atoms with Gasteiger partial charge in [-0.15, -0.1) is 0 Å². The molecule has 2 N–H and O–H groups in total. The van der Waals surface area contributed by atoms with Crippen LogP contribution in [0, 0.1) is 11.7 Å². The summed E-state index contributed by atoms with van der Waals surface area (Å²) in [5.41, 5.74) is 0.285. The minimum absolute atomic E-state index is 0.175. The molecule has 23 heavy (non-hydrogen) atoms. The van der Waals surface area contributed by atoms with Crippen molar-refractivity contribution in [3.8, 4) is 0 Å². The molecule has 2 aliphatic rings. The molecule has 0 saturated heterocycles. The molecule has 0 spiro atoms. The van der Waals surface area contributed by atoms with Crippen LogP contribution >= 0.6 is 11.6 Å². The first-order valence-corrected chi connectivity index (χ1v) is 8.98. The van der Waals surface area contributed by atoms with E-state index in [-0.39, 0.29) is 22.5 Å². The molecule has 0 unspecified atom stereocenters. The molecule has 2 aliphatic carbocycles. The molecule has 0 aliphatic heterocycles. The Hall–Kier alpha value is -1.13. The summed E-state index contributed by atoms with van der Waals surface area (Å²) >= 11 is 5.78. The molecule has 1 aromatic rings. The van der Waals surface area contributed by atoms with Gasteiger partial charge in [-0.25, -0.2) is 4.39 Å². The van der Waals surface area contributed by atoms with Crippen LogP contribution in [0.1, 0.15) is 55.3 Å². The number of nitrogens with one attached hydrogen (secondary N) is 2. The summed E-state index contributed by atoms with van der Waals surface area (Å²) in [4.78, 5) is 12.1. The van der Waals surface area contributed by atoms with Gasteiger partial charge in [-0.05, 0) is 49.9 Å². The molecule has 0 aromatic heterocycles. The van der Waals surface area contributed by atoms with Gasteiger partial charge in [-0.3, -0.25) is 4.79 Å². The summed E-state index contributed by atoms with van der Waals surface area (Å²) in [7, 11) is 0. The monoisotopic (exact) mass is 338 g/mol. The summed E-state index contributed by atoms with van der Waals surface area (Å²) in [6.07, 6.45) is 8.73. The highest BCUT2D eigenvalue weighted by Crippen LogP contribution is 2.27. The molecule has 1 amide bonds. The zero-order valence-corrected chi connectivity index (χ0v) is 14.0. The van der Waals surface area contributed by atoms with Crippen molar-refractivity contribution in [1.82, 2.24) is 10.6 Å². The van der Waals surface area contributed by atoms with E-state index in [4.69, 9.17) is 11.6 Å². The fourth-order valence-electron chi connectivity index (χ4n) is 3.65. The zero-order valence-electron chi connectivity index (χ0n) is 13.3. The van der Waals surface area contributed by atoms with E-state index in [9.17, 15) is 9.18 Å². The smallest absolute Gasteiger partial charge is 0.251 e. The summed E-state index contributed by atoms with van der Waals surface area (Å²) < 4.78 is 13.3. The van der Waals surface area contributed by atoms with E-state index in [1.165, 1.54) is 50.3 Å². The number of amides is 1. The average Bonchev–Trinajstić information content (AvgIpc) is 2.96. The molecule has 0 bridgehead atoms. The highest BCUT2D eigenvalue weighted by Gasteiger charge is 2.30. The Balaban J connectivity index is 1.35. The van der Waals surface area contributed by atoms with Crippen molar-refractivity contribution < 1.29 is 9.18 Å². The van der Waals surface area contributed by atoms with Crippen LogP contribution in [-0.2, 0) is 0 Å². The molecule has 0 radical (unpaired) electrons. The lowest BCUT2D eigenvalue weighted by atomic mass is 9.86.